The SMILES string of the molecule is Nc1cc(C(=O)NCCCC2CCCC2)n(C2CC2)c1. The molecule has 2 fully saturated rings. The first-order valence-electron chi connectivity index (χ1n) is 7.99. The highest BCUT2D eigenvalue weighted by atomic mass is 16.1. The van der Waals surface area contributed by atoms with Crippen LogP contribution < -0.4 is 11.1 Å². The van der Waals surface area contributed by atoms with Crippen LogP contribution >= 0.6 is 0 Å². The highest BCUT2D eigenvalue weighted by molar-refractivity contribution is 5.93. The van der Waals surface area contributed by atoms with Gasteiger partial charge in [-0.2, -0.15) is 0 Å². The van der Waals surface area contributed by atoms with Crippen molar-refractivity contribution in [1.29, 1.82) is 0 Å². The maximum atomic E-state index is 12.2. The van der Waals surface area contributed by atoms with Gasteiger partial charge in [0.1, 0.15) is 5.69 Å². The maximum Gasteiger partial charge on any atom is 0.267 e. The molecular formula is C16H25N3O. The average Bonchev–Trinajstić information content (AvgIpc) is 3.00. The van der Waals surface area contributed by atoms with Crippen molar-refractivity contribution in [2.75, 3.05) is 12.3 Å². The molecule has 3 N–H and O–H groups in total. The summed E-state index contributed by atoms with van der Waals surface area (Å²) in [5.74, 6) is 0.929. The standard InChI is InChI=1S/C16H25N3O/c17-13-10-15(19(11-13)14-7-8-14)16(20)18-9-3-6-12-4-1-2-5-12/h10-12,14H,1-9,17H2,(H,18,20). The van der Waals surface area contributed by atoms with E-state index in [-0.39, 0.29) is 5.91 Å². The van der Waals surface area contributed by atoms with Gasteiger partial charge >= 0.3 is 0 Å². The van der Waals surface area contributed by atoms with E-state index < -0.39 is 0 Å². The van der Waals surface area contributed by atoms with Crippen molar-refractivity contribution in [3.63, 3.8) is 0 Å². The van der Waals surface area contributed by atoms with Gasteiger partial charge in [0.05, 0.1) is 5.69 Å². The number of aromatic nitrogens is 1. The Bertz CT molecular complexity index is 470. The lowest BCUT2D eigenvalue weighted by molar-refractivity contribution is 0.0943. The quantitative estimate of drug-likeness (QED) is 0.784. The van der Waals surface area contributed by atoms with E-state index in [0.29, 0.717) is 11.7 Å². The van der Waals surface area contributed by atoms with E-state index >= 15 is 0 Å². The van der Waals surface area contributed by atoms with Gasteiger partial charge in [-0.1, -0.05) is 25.7 Å². The van der Waals surface area contributed by atoms with Crippen molar-refractivity contribution < 1.29 is 4.79 Å². The van der Waals surface area contributed by atoms with Crippen LogP contribution in [0.3, 0.4) is 0 Å². The van der Waals surface area contributed by atoms with Gasteiger partial charge in [-0.25, -0.2) is 0 Å². The Morgan fingerprint density at radius 1 is 1.30 bits per heavy atom. The van der Waals surface area contributed by atoms with Crippen LogP contribution in [0.25, 0.3) is 0 Å². The minimum Gasteiger partial charge on any atom is -0.397 e. The third-order valence-electron chi connectivity index (χ3n) is 4.59. The number of nitrogen functional groups attached to an aromatic ring is 1. The fourth-order valence-electron chi connectivity index (χ4n) is 3.32. The fourth-order valence-corrected chi connectivity index (χ4v) is 3.32. The smallest absolute Gasteiger partial charge is 0.267 e. The molecule has 0 bridgehead atoms. The summed E-state index contributed by atoms with van der Waals surface area (Å²) < 4.78 is 2.04. The van der Waals surface area contributed by atoms with E-state index in [2.05, 4.69) is 5.32 Å². The van der Waals surface area contributed by atoms with E-state index in [9.17, 15) is 4.79 Å². The molecule has 0 radical (unpaired) electrons. The number of carbonyl (C=O) groups is 1. The highest BCUT2D eigenvalue weighted by Gasteiger charge is 2.27. The van der Waals surface area contributed by atoms with Gasteiger partial charge in [-0.3, -0.25) is 4.79 Å². The zero-order valence-corrected chi connectivity index (χ0v) is 12.1. The number of nitrogens with one attached hydrogen (secondary N) is 1. The van der Waals surface area contributed by atoms with Crippen molar-refractivity contribution in [1.82, 2.24) is 9.88 Å². The Morgan fingerprint density at radius 3 is 2.75 bits per heavy atom. The normalized spacial score (nSPS) is 19.4. The van der Waals surface area contributed by atoms with Crippen LogP contribution in [0.2, 0.25) is 0 Å². The molecule has 1 aromatic rings. The average molecular weight is 275 g/mol. The van der Waals surface area contributed by atoms with Crippen LogP contribution in [0.5, 0.6) is 0 Å². The minimum absolute atomic E-state index is 0.0278. The molecule has 1 heterocycles. The minimum atomic E-state index is 0.0278. The number of anilines is 1. The zero-order chi connectivity index (χ0) is 13.9. The summed E-state index contributed by atoms with van der Waals surface area (Å²) in [6.07, 6.45) is 12.1. The van der Waals surface area contributed by atoms with Crippen LogP contribution in [0, 0.1) is 5.92 Å². The monoisotopic (exact) mass is 275 g/mol. The molecule has 1 amide bonds. The molecule has 0 spiro atoms. The molecule has 2 aliphatic rings. The Hall–Kier alpha value is -1.45. The Kier molecular flexibility index (Phi) is 3.99. The molecule has 2 saturated carbocycles. The molecule has 0 unspecified atom stereocenters. The summed E-state index contributed by atoms with van der Waals surface area (Å²) in [4.78, 5) is 12.2. The molecular weight excluding hydrogens is 250 g/mol. The summed E-state index contributed by atoms with van der Waals surface area (Å²) in [6.45, 7) is 0.783. The van der Waals surface area contributed by atoms with E-state index in [0.717, 1.165) is 37.4 Å². The lowest BCUT2D eigenvalue weighted by Crippen LogP contribution is -2.26. The van der Waals surface area contributed by atoms with Crippen molar-refractivity contribution in [2.45, 2.75) is 57.4 Å². The Balaban J connectivity index is 1.46. The zero-order valence-electron chi connectivity index (χ0n) is 12.1. The van der Waals surface area contributed by atoms with Crippen LogP contribution in [0.15, 0.2) is 12.3 Å². The molecule has 0 aromatic carbocycles. The van der Waals surface area contributed by atoms with Gasteiger partial charge in [0.25, 0.3) is 5.91 Å². The molecule has 110 valence electrons. The number of amides is 1. The number of carbonyl (C=O) groups excluding carboxylic acids is 1. The second-order valence-electron chi connectivity index (χ2n) is 6.35. The summed E-state index contributed by atoms with van der Waals surface area (Å²) in [5.41, 5.74) is 7.24. The van der Waals surface area contributed by atoms with Gasteiger partial charge in [0.15, 0.2) is 0 Å². The van der Waals surface area contributed by atoms with Crippen LogP contribution in [-0.2, 0) is 0 Å². The first-order chi connectivity index (χ1) is 9.74. The maximum absolute atomic E-state index is 12.2. The first kappa shape index (κ1) is 13.5. The molecule has 4 heteroatoms. The summed E-state index contributed by atoms with van der Waals surface area (Å²) in [7, 11) is 0. The van der Waals surface area contributed by atoms with E-state index in [1.807, 2.05) is 10.8 Å². The highest BCUT2D eigenvalue weighted by Crippen LogP contribution is 2.37. The molecule has 3 rings (SSSR count). The van der Waals surface area contributed by atoms with Crippen molar-refractivity contribution in [3.8, 4) is 0 Å². The van der Waals surface area contributed by atoms with Crippen molar-refractivity contribution in [2.24, 2.45) is 5.92 Å². The number of hydrogen-bond donors (Lipinski definition) is 2. The second-order valence-corrected chi connectivity index (χ2v) is 6.35. The summed E-state index contributed by atoms with van der Waals surface area (Å²) in [5, 5.41) is 3.04. The third kappa shape index (κ3) is 3.17. The van der Waals surface area contributed by atoms with Gasteiger partial charge in [-0.15, -0.1) is 0 Å². The molecule has 0 aliphatic heterocycles. The van der Waals surface area contributed by atoms with Crippen LogP contribution in [0.1, 0.15) is 67.9 Å². The van der Waals surface area contributed by atoms with Gasteiger partial charge in [-0.05, 0) is 37.7 Å². The lowest BCUT2D eigenvalue weighted by atomic mass is 10.0. The molecule has 0 saturated heterocycles. The third-order valence-corrected chi connectivity index (χ3v) is 4.59. The van der Waals surface area contributed by atoms with Crippen molar-refractivity contribution in [3.05, 3.63) is 18.0 Å². The Morgan fingerprint density at radius 2 is 2.05 bits per heavy atom. The number of hydrogen-bond acceptors (Lipinski definition) is 2. The predicted octanol–water partition coefficient (Wildman–Crippen LogP) is 3.11. The van der Waals surface area contributed by atoms with Crippen molar-refractivity contribution >= 4 is 11.6 Å². The van der Waals surface area contributed by atoms with Gasteiger partial charge in [0.2, 0.25) is 0 Å². The first-order valence-corrected chi connectivity index (χ1v) is 7.99. The van der Waals surface area contributed by atoms with Gasteiger partial charge in [0, 0.05) is 18.8 Å². The second kappa shape index (κ2) is 5.90. The molecule has 20 heavy (non-hydrogen) atoms. The topological polar surface area (TPSA) is 60.1 Å². The molecule has 2 aliphatic carbocycles. The van der Waals surface area contributed by atoms with Crippen LogP contribution in [-0.4, -0.2) is 17.0 Å². The summed E-state index contributed by atoms with van der Waals surface area (Å²) in [6, 6.07) is 2.29. The Labute approximate surface area is 120 Å². The van der Waals surface area contributed by atoms with E-state index in [1.54, 1.807) is 6.07 Å². The van der Waals surface area contributed by atoms with Gasteiger partial charge < -0.3 is 15.6 Å². The van der Waals surface area contributed by atoms with E-state index in [1.165, 1.54) is 32.1 Å². The summed E-state index contributed by atoms with van der Waals surface area (Å²) >= 11 is 0. The molecule has 1 aromatic heterocycles. The number of nitrogens with zero attached hydrogens (tertiary/aromatic N) is 1. The number of rotatable bonds is 6. The molecule has 0 atom stereocenters. The fraction of sp³-hybridized carbons (Fsp3) is 0.688. The molecule has 4 nitrogen and oxygen atoms in total. The predicted molar refractivity (Wildman–Crippen MR) is 80.6 cm³/mol. The number of nitrogens with two attached hydrogens (primary N) is 1. The lowest BCUT2D eigenvalue weighted by Gasteiger charge is -2.10. The van der Waals surface area contributed by atoms with E-state index in [4.69, 9.17) is 5.73 Å². The van der Waals surface area contributed by atoms with Crippen LogP contribution in [0.4, 0.5) is 5.69 Å². The largest absolute Gasteiger partial charge is 0.397 e.